The fraction of sp³-hybridized carbons (Fsp3) is 0.391. The predicted octanol–water partition coefficient (Wildman–Crippen LogP) is 4.77. The topological polar surface area (TPSA) is 76.3 Å². The molecule has 1 saturated heterocycles. The van der Waals surface area contributed by atoms with Crippen LogP contribution in [0.1, 0.15) is 49.7 Å². The van der Waals surface area contributed by atoms with E-state index in [-0.39, 0.29) is 0 Å². The van der Waals surface area contributed by atoms with Gasteiger partial charge in [0.05, 0.1) is 4.90 Å². The van der Waals surface area contributed by atoms with Crippen LogP contribution in [0.25, 0.3) is 11.4 Å². The van der Waals surface area contributed by atoms with E-state index in [4.69, 9.17) is 4.52 Å². The molecule has 1 atom stereocenters. The first kappa shape index (κ1) is 20.8. The summed E-state index contributed by atoms with van der Waals surface area (Å²) in [7, 11) is -3.64. The van der Waals surface area contributed by atoms with E-state index >= 15 is 0 Å². The first-order valence-electron chi connectivity index (χ1n) is 10.4. The lowest BCUT2D eigenvalue weighted by atomic mass is 10.0. The molecule has 0 radical (unpaired) electrons. The quantitative estimate of drug-likeness (QED) is 0.569. The summed E-state index contributed by atoms with van der Waals surface area (Å²) in [5.41, 5.74) is 3.10. The van der Waals surface area contributed by atoms with Crippen molar-refractivity contribution in [2.45, 2.75) is 51.0 Å². The highest BCUT2D eigenvalue weighted by Gasteiger charge is 2.39. The van der Waals surface area contributed by atoms with Crippen LogP contribution >= 0.6 is 0 Å². The maximum Gasteiger partial charge on any atom is 0.245 e. The van der Waals surface area contributed by atoms with Crippen molar-refractivity contribution in [3.63, 3.8) is 0 Å². The zero-order valence-electron chi connectivity index (χ0n) is 17.6. The van der Waals surface area contributed by atoms with E-state index in [1.54, 1.807) is 12.1 Å². The highest BCUT2D eigenvalue weighted by atomic mass is 32.2. The number of hydrogen-bond donors (Lipinski definition) is 0. The fourth-order valence-electron chi connectivity index (χ4n) is 3.95. The second-order valence-corrected chi connectivity index (χ2v) is 10.2. The molecule has 0 amide bonds. The van der Waals surface area contributed by atoms with Crippen LogP contribution in [0.2, 0.25) is 0 Å². The van der Waals surface area contributed by atoms with Crippen LogP contribution in [0.4, 0.5) is 0 Å². The summed E-state index contributed by atoms with van der Waals surface area (Å²) >= 11 is 0. The van der Waals surface area contributed by atoms with Crippen LogP contribution in [0.5, 0.6) is 0 Å². The summed E-state index contributed by atoms with van der Waals surface area (Å²) in [5.74, 6) is 1.36. The minimum absolute atomic E-state index is 0.306. The van der Waals surface area contributed by atoms with Crippen LogP contribution < -0.4 is 0 Å². The highest BCUT2D eigenvalue weighted by Crippen LogP contribution is 2.36. The van der Waals surface area contributed by atoms with Crippen molar-refractivity contribution in [2.24, 2.45) is 5.92 Å². The number of hydrogen-bond acceptors (Lipinski definition) is 5. The number of aromatic nitrogens is 2. The summed E-state index contributed by atoms with van der Waals surface area (Å²) in [6.07, 6.45) is 2.36. The number of aryl methyl sites for hydroxylation is 1. The Labute approximate surface area is 178 Å². The maximum atomic E-state index is 13.3. The lowest BCUT2D eigenvalue weighted by Crippen LogP contribution is -2.30. The van der Waals surface area contributed by atoms with Gasteiger partial charge in [-0.25, -0.2) is 8.42 Å². The first-order chi connectivity index (χ1) is 14.3. The Morgan fingerprint density at radius 2 is 1.93 bits per heavy atom. The minimum Gasteiger partial charge on any atom is -0.337 e. The number of rotatable bonds is 6. The van der Waals surface area contributed by atoms with Gasteiger partial charge in [0.2, 0.25) is 21.7 Å². The van der Waals surface area contributed by atoms with E-state index in [1.165, 1.54) is 4.31 Å². The third-order valence-corrected chi connectivity index (χ3v) is 7.30. The normalized spacial score (nSPS) is 17.7. The predicted molar refractivity (Wildman–Crippen MR) is 115 cm³/mol. The van der Waals surface area contributed by atoms with E-state index in [2.05, 4.69) is 24.0 Å². The summed E-state index contributed by atoms with van der Waals surface area (Å²) in [5, 5.41) is 4.09. The largest absolute Gasteiger partial charge is 0.337 e. The Hall–Kier alpha value is -2.51. The number of nitrogens with zero attached hydrogens (tertiary/aromatic N) is 3. The molecule has 3 aromatic rings. The van der Waals surface area contributed by atoms with Gasteiger partial charge in [-0.2, -0.15) is 9.29 Å². The Balaban J connectivity index is 1.59. The molecule has 1 fully saturated rings. The van der Waals surface area contributed by atoms with E-state index in [1.807, 2.05) is 43.3 Å². The SMILES string of the molecule is Cc1cccc(-c2noc([C@H]3CCCN3S(=O)(=O)c3ccc(CC(C)C)cc3)n2)c1. The smallest absolute Gasteiger partial charge is 0.245 e. The van der Waals surface area contributed by atoms with Crippen LogP contribution in [0.3, 0.4) is 0 Å². The molecule has 1 aliphatic heterocycles. The van der Waals surface area contributed by atoms with Crippen LogP contribution in [-0.2, 0) is 16.4 Å². The summed E-state index contributed by atoms with van der Waals surface area (Å²) in [6.45, 7) is 6.74. The summed E-state index contributed by atoms with van der Waals surface area (Å²) < 4.78 is 33.6. The molecule has 30 heavy (non-hydrogen) atoms. The fourth-order valence-corrected chi connectivity index (χ4v) is 5.60. The summed E-state index contributed by atoms with van der Waals surface area (Å²) in [4.78, 5) is 4.83. The van der Waals surface area contributed by atoms with Crippen molar-refractivity contribution in [1.82, 2.24) is 14.4 Å². The molecular weight excluding hydrogens is 398 g/mol. The molecule has 0 bridgehead atoms. The van der Waals surface area contributed by atoms with Gasteiger partial charge in [-0.3, -0.25) is 0 Å². The minimum atomic E-state index is -3.64. The van der Waals surface area contributed by atoms with Crippen molar-refractivity contribution in [2.75, 3.05) is 6.54 Å². The zero-order chi connectivity index (χ0) is 21.3. The first-order valence-corrected chi connectivity index (χ1v) is 11.8. The monoisotopic (exact) mass is 425 g/mol. The highest BCUT2D eigenvalue weighted by molar-refractivity contribution is 7.89. The molecule has 6 nitrogen and oxygen atoms in total. The van der Waals surface area contributed by atoms with Gasteiger partial charge in [0, 0.05) is 12.1 Å². The number of benzene rings is 2. The van der Waals surface area contributed by atoms with Crippen molar-refractivity contribution in [3.05, 3.63) is 65.5 Å². The third-order valence-electron chi connectivity index (χ3n) is 5.38. The zero-order valence-corrected chi connectivity index (χ0v) is 18.4. The molecule has 2 aromatic carbocycles. The molecule has 7 heteroatoms. The molecule has 0 spiro atoms. The molecule has 0 unspecified atom stereocenters. The molecule has 158 valence electrons. The lowest BCUT2D eigenvalue weighted by Gasteiger charge is -2.21. The van der Waals surface area contributed by atoms with Crippen molar-refractivity contribution in [3.8, 4) is 11.4 Å². The van der Waals surface area contributed by atoms with E-state index in [0.717, 1.165) is 29.5 Å². The average molecular weight is 426 g/mol. The Kier molecular flexibility index (Phi) is 5.75. The molecule has 0 N–H and O–H groups in total. The second kappa shape index (κ2) is 8.32. The van der Waals surface area contributed by atoms with Crippen LogP contribution in [0.15, 0.2) is 57.9 Å². The van der Waals surface area contributed by atoms with Gasteiger partial charge >= 0.3 is 0 Å². The van der Waals surface area contributed by atoms with Gasteiger partial charge in [0.15, 0.2) is 0 Å². The molecule has 0 saturated carbocycles. The molecule has 1 aromatic heterocycles. The Morgan fingerprint density at radius 3 is 2.63 bits per heavy atom. The van der Waals surface area contributed by atoms with E-state index < -0.39 is 16.1 Å². The van der Waals surface area contributed by atoms with Crippen LogP contribution in [0, 0.1) is 12.8 Å². The van der Waals surface area contributed by atoms with E-state index in [0.29, 0.717) is 35.5 Å². The molecular formula is C23H27N3O3S. The molecule has 0 aliphatic carbocycles. The Morgan fingerprint density at radius 1 is 1.17 bits per heavy atom. The van der Waals surface area contributed by atoms with Gasteiger partial charge < -0.3 is 4.52 Å². The second-order valence-electron chi connectivity index (χ2n) is 8.34. The van der Waals surface area contributed by atoms with Crippen molar-refractivity contribution in [1.29, 1.82) is 0 Å². The van der Waals surface area contributed by atoms with Gasteiger partial charge in [0.1, 0.15) is 6.04 Å². The standard InChI is InChI=1S/C23H27N3O3S/c1-16(2)14-18-9-11-20(12-10-18)30(27,28)26-13-5-8-21(26)23-24-22(25-29-23)19-7-4-6-17(3)15-19/h4,6-7,9-12,15-16,21H,5,8,13-14H2,1-3H3/t21-/m1/s1. The maximum absolute atomic E-state index is 13.3. The third kappa shape index (κ3) is 4.18. The average Bonchev–Trinajstić information content (AvgIpc) is 3.38. The van der Waals surface area contributed by atoms with Crippen molar-refractivity contribution >= 4 is 10.0 Å². The van der Waals surface area contributed by atoms with Gasteiger partial charge in [-0.1, -0.05) is 54.9 Å². The van der Waals surface area contributed by atoms with Crippen LogP contribution in [-0.4, -0.2) is 29.4 Å². The molecule has 4 rings (SSSR count). The van der Waals surface area contributed by atoms with Gasteiger partial charge in [0.25, 0.3) is 0 Å². The molecule has 1 aliphatic rings. The summed E-state index contributed by atoms with van der Waals surface area (Å²) in [6, 6.07) is 14.6. The molecule has 2 heterocycles. The van der Waals surface area contributed by atoms with Gasteiger partial charge in [-0.05, 0) is 55.9 Å². The lowest BCUT2D eigenvalue weighted by molar-refractivity contribution is 0.290. The van der Waals surface area contributed by atoms with E-state index in [9.17, 15) is 8.42 Å². The van der Waals surface area contributed by atoms with Gasteiger partial charge in [-0.15, -0.1) is 0 Å². The van der Waals surface area contributed by atoms with Crippen molar-refractivity contribution < 1.29 is 12.9 Å². The number of sulfonamides is 1. The Bertz CT molecular complexity index is 1120.